The molecule has 2 aromatic carbocycles. The van der Waals surface area contributed by atoms with Crippen molar-refractivity contribution in [1.82, 2.24) is 5.06 Å². The molecule has 0 saturated carbocycles. The van der Waals surface area contributed by atoms with Crippen molar-refractivity contribution in [2.45, 2.75) is 24.9 Å². The lowest BCUT2D eigenvalue weighted by atomic mass is 10.1. The fraction of sp³-hybridized carbons (Fsp3) is 0.200. The SMILES string of the molecule is O=C1CC(N(O)C2CC(=O)N(c3ccc(Cl)c(Cl)c3)C2=O)C(=O)N1c1ccc(Cl)c(Cl)c1. The zero-order valence-corrected chi connectivity index (χ0v) is 19.0. The Morgan fingerprint density at radius 1 is 0.688 bits per heavy atom. The van der Waals surface area contributed by atoms with Crippen LogP contribution in [0.2, 0.25) is 20.1 Å². The first kappa shape index (κ1) is 23.0. The van der Waals surface area contributed by atoms with Crippen LogP contribution < -0.4 is 9.80 Å². The third-order valence-corrected chi connectivity index (χ3v) is 6.69. The van der Waals surface area contributed by atoms with Crippen LogP contribution in [-0.4, -0.2) is 46.0 Å². The number of imide groups is 2. The quantitative estimate of drug-likeness (QED) is 0.488. The molecule has 2 unspecified atom stereocenters. The van der Waals surface area contributed by atoms with Gasteiger partial charge in [-0.3, -0.25) is 19.2 Å². The summed E-state index contributed by atoms with van der Waals surface area (Å²) in [4.78, 5) is 52.6. The lowest BCUT2D eigenvalue weighted by Gasteiger charge is -2.25. The molecule has 4 rings (SSSR count). The summed E-state index contributed by atoms with van der Waals surface area (Å²) in [6.07, 6.45) is -0.777. The van der Waals surface area contributed by atoms with Gasteiger partial charge in [-0.1, -0.05) is 46.4 Å². The van der Waals surface area contributed by atoms with Crippen LogP contribution in [-0.2, 0) is 19.2 Å². The second kappa shape index (κ2) is 8.62. The minimum absolute atomic E-state index is 0.142. The molecule has 12 heteroatoms. The predicted molar refractivity (Wildman–Crippen MR) is 118 cm³/mol. The number of amides is 4. The van der Waals surface area contributed by atoms with E-state index in [-0.39, 0.29) is 44.3 Å². The zero-order valence-electron chi connectivity index (χ0n) is 16.0. The maximum absolute atomic E-state index is 12.9. The van der Waals surface area contributed by atoms with Crippen LogP contribution in [0.4, 0.5) is 11.4 Å². The van der Waals surface area contributed by atoms with Crippen molar-refractivity contribution in [3.8, 4) is 0 Å². The summed E-state index contributed by atoms with van der Waals surface area (Å²) in [7, 11) is 0. The Hall–Kier alpha value is -2.20. The van der Waals surface area contributed by atoms with Crippen LogP contribution in [0.1, 0.15) is 12.8 Å². The highest BCUT2D eigenvalue weighted by molar-refractivity contribution is 6.43. The van der Waals surface area contributed by atoms with Crippen LogP contribution in [0.3, 0.4) is 0 Å². The highest BCUT2D eigenvalue weighted by Gasteiger charge is 2.50. The first-order chi connectivity index (χ1) is 15.1. The molecule has 2 aliphatic rings. The van der Waals surface area contributed by atoms with Gasteiger partial charge < -0.3 is 5.21 Å². The molecule has 0 bridgehead atoms. The van der Waals surface area contributed by atoms with Gasteiger partial charge in [0.2, 0.25) is 11.8 Å². The van der Waals surface area contributed by atoms with Gasteiger partial charge in [0.15, 0.2) is 0 Å². The summed E-state index contributed by atoms with van der Waals surface area (Å²) < 4.78 is 0. The van der Waals surface area contributed by atoms with Gasteiger partial charge in [0.1, 0.15) is 12.1 Å². The van der Waals surface area contributed by atoms with E-state index in [1.807, 2.05) is 0 Å². The van der Waals surface area contributed by atoms with Crippen LogP contribution in [0.5, 0.6) is 0 Å². The van der Waals surface area contributed by atoms with Gasteiger partial charge in [-0.25, -0.2) is 9.80 Å². The van der Waals surface area contributed by atoms with E-state index in [0.717, 1.165) is 9.80 Å². The molecule has 0 aromatic heterocycles. The van der Waals surface area contributed by atoms with E-state index in [1.165, 1.54) is 36.4 Å². The molecule has 0 spiro atoms. The number of carbonyl (C=O) groups is 4. The predicted octanol–water partition coefficient (Wildman–Crippen LogP) is 3.96. The van der Waals surface area contributed by atoms with Crippen LogP contribution in [0.15, 0.2) is 36.4 Å². The van der Waals surface area contributed by atoms with Gasteiger partial charge in [-0.15, -0.1) is 0 Å². The topological polar surface area (TPSA) is 98.2 Å². The molecular formula is C20H13Cl4N3O5. The number of halogens is 4. The van der Waals surface area contributed by atoms with Gasteiger partial charge in [0.25, 0.3) is 11.8 Å². The summed E-state index contributed by atoms with van der Waals surface area (Å²) >= 11 is 23.7. The van der Waals surface area contributed by atoms with E-state index in [4.69, 9.17) is 46.4 Å². The highest BCUT2D eigenvalue weighted by atomic mass is 35.5. The van der Waals surface area contributed by atoms with E-state index in [1.54, 1.807) is 0 Å². The molecule has 32 heavy (non-hydrogen) atoms. The normalized spacial score (nSPS) is 21.4. The molecular weight excluding hydrogens is 504 g/mol. The zero-order chi connectivity index (χ0) is 23.3. The smallest absolute Gasteiger partial charge is 0.254 e. The number of hydroxylamine groups is 2. The molecule has 2 fully saturated rings. The number of anilines is 2. The average molecular weight is 517 g/mol. The van der Waals surface area contributed by atoms with Crippen molar-refractivity contribution in [2.75, 3.05) is 9.80 Å². The number of nitrogens with zero attached hydrogens (tertiary/aromatic N) is 3. The summed E-state index contributed by atoms with van der Waals surface area (Å²) in [5, 5.41) is 11.9. The van der Waals surface area contributed by atoms with Crippen molar-refractivity contribution in [3.05, 3.63) is 56.5 Å². The molecule has 2 atom stereocenters. The number of hydrogen-bond acceptors (Lipinski definition) is 6. The second-order valence-electron chi connectivity index (χ2n) is 7.15. The molecule has 166 valence electrons. The van der Waals surface area contributed by atoms with Crippen molar-refractivity contribution >= 4 is 81.4 Å². The number of carbonyl (C=O) groups excluding carboxylic acids is 4. The van der Waals surface area contributed by atoms with Crippen LogP contribution >= 0.6 is 46.4 Å². The summed E-state index contributed by atoms with van der Waals surface area (Å²) in [5.74, 6) is -2.72. The average Bonchev–Trinajstić information content (AvgIpc) is 3.20. The summed E-state index contributed by atoms with van der Waals surface area (Å²) in [6.45, 7) is 0. The molecule has 1 N–H and O–H groups in total. The Kier molecular flexibility index (Phi) is 6.19. The maximum atomic E-state index is 12.9. The van der Waals surface area contributed by atoms with E-state index in [9.17, 15) is 24.4 Å². The fourth-order valence-electron chi connectivity index (χ4n) is 3.65. The van der Waals surface area contributed by atoms with E-state index in [0.29, 0.717) is 5.06 Å². The molecule has 2 saturated heterocycles. The number of rotatable bonds is 4. The van der Waals surface area contributed by atoms with Crippen LogP contribution in [0.25, 0.3) is 0 Å². The second-order valence-corrected chi connectivity index (χ2v) is 8.78. The Labute approximate surface area is 201 Å². The Morgan fingerprint density at radius 2 is 1.06 bits per heavy atom. The third-order valence-electron chi connectivity index (χ3n) is 5.21. The molecule has 2 aliphatic heterocycles. The van der Waals surface area contributed by atoms with Gasteiger partial charge in [-0.2, -0.15) is 5.06 Å². The van der Waals surface area contributed by atoms with E-state index >= 15 is 0 Å². The molecule has 0 aliphatic carbocycles. The van der Waals surface area contributed by atoms with Crippen molar-refractivity contribution < 1.29 is 24.4 Å². The minimum atomic E-state index is -1.35. The van der Waals surface area contributed by atoms with Crippen LogP contribution in [0, 0.1) is 0 Å². The van der Waals surface area contributed by atoms with Crippen molar-refractivity contribution in [1.29, 1.82) is 0 Å². The Balaban J connectivity index is 1.57. The fourth-order valence-corrected chi connectivity index (χ4v) is 4.24. The standard InChI is InChI=1S/C20H13Cl4N3O5/c21-11-3-1-9(5-13(11)23)25-17(28)7-15(19(25)30)27(32)16-8-18(29)26(20(16)31)10-2-4-12(22)14(24)6-10/h1-6,15-16,32H,7-8H2. The Bertz CT molecular complexity index is 1080. The number of benzene rings is 2. The first-order valence-electron chi connectivity index (χ1n) is 9.21. The highest BCUT2D eigenvalue weighted by Crippen LogP contribution is 2.34. The van der Waals surface area contributed by atoms with Gasteiger partial charge >= 0.3 is 0 Å². The van der Waals surface area contributed by atoms with Crippen molar-refractivity contribution in [2.24, 2.45) is 0 Å². The maximum Gasteiger partial charge on any atom is 0.254 e. The van der Waals surface area contributed by atoms with Gasteiger partial charge in [0.05, 0.1) is 44.3 Å². The van der Waals surface area contributed by atoms with E-state index < -0.39 is 35.7 Å². The molecule has 2 aromatic rings. The third kappa shape index (κ3) is 3.87. The first-order valence-corrected chi connectivity index (χ1v) is 10.7. The number of hydrogen-bond donors (Lipinski definition) is 1. The van der Waals surface area contributed by atoms with Crippen molar-refractivity contribution in [3.63, 3.8) is 0 Å². The molecule has 0 radical (unpaired) electrons. The monoisotopic (exact) mass is 515 g/mol. The largest absolute Gasteiger partial charge is 0.312 e. The molecule has 8 nitrogen and oxygen atoms in total. The molecule has 4 amide bonds. The molecule has 2 heterocycles. The minimum Gasteiger partial charge on any atom is -0.312 e. The van der Waals surface area contributed by atoms with E-state index in [2.05, 4.69) is 0 Å². The summed E-state index contributed by atoms with van der Waals surface area (Å²) in [5.41, 5.74) is 0.355. The van der Waals surface area contributed by atoms with Gasteiger partial charge in [0, 0.05) is 0 Å². The van der Waals surface area contributed by atoms with Gasteiger partial charge in [-0.05, 0) is 36.4 Å². The lowest BCUT2D eigenvalue weighted by Crippen LogP contribution is -2.49. The Morgan fingerprint density at radius 3 is 1.41 bits per heavy atom. The lowest BCUT2D eigenvalue weighted by molar-refractivity contribution is -0.172. The summed E-state index contributed by atoms with van der Waals surface area (Å²) in [6, 6.07) is 5.71.